The third-order valence-electron chi connectivity index (χ3n) is 3.12. The van der Waals surface area contributed by atoms with Gasteiger partial charge in [0, 0.05) is 11.8 Å². The number of H-pyrrole nitrogens is 1. The largest absolute Gasteiger partial charge is 0.307 e. The molecule has 1 unspecified atom stereocenters. The van der Waals surface area contributed by atoms with Gasteiger partial charge in [0.25, 0.3) is 11.3 Å². The highest BCUT2D eigenvalue weighted by Crippen LogP contribution is 2.19. The molecule has 1 saturated heterocycles. The number of nitrogens with one attached hydrogen (secondary N) is 2. The number of aromatic amines is 1. The maximum atomic E-state index is 11.7. The van der Waals surface area contributed by atoms with Crippen LogP contribution >= 0.6 is 0 Å². The first-order valence-corrected chi connectivity index (χ1v) is 5.94. The summed E-state index contributed by atoms with van der Waals surface area (Å²) < 4.78 is 1.40. The number of nitrogens with zero attached hydrogens (tertiary/aromatic N) is 3. The molecule has 0 amide bonds. The smallest absolute Gasteiger partial charge is 0.274 e. The summed E-state index contributed by atoms with van der Waals surface area (Å²) in [6.45, 7) is 2.80. The molecule has 1 fully saturated rings. The predicted octanol–water partition coefficient (Wildman–Crippen LogP) is 0.541. The fraction of sp³-hybridized carbons (Fsp3) is 0.545. The van der Waals surface area contributed by atoms with Crippen molar-refractivity contribution in [2.24, 2.45) is 0 Å². The Kier molecular flexibility index (Phi) is 2.44. The van der Waals surface area contributed by atoms with E-state index in [1.165, 1.54) is 23.4 Å². The maximum Gasteiger partial charge on any atom is 0.274 e. The number of hydrogen-bond acceptors (Lipinski definition) is 4. The highest BCUT2D eigenvalue weighted by Gasteiger charge is 2.19. The van der Waals surface area contributed by atoms with E-state index in [2.05, 4.69) is 20.4 Å². The fourth-order valence-corrected chi connectivity index (χ4v) is 2.25. The van der Waals surface area contributed by atoms with Crippen molar-refractivity contribution in [2.75, 3.05) is 6.54 Å². The van der Waals surface area contributed by atoms with Crippen LogP contribution in [0, 0.1) is 6.92 Å². The van der Waals surface area contributed by atoms with Crippen molar-refractivity contribution in [1.29, 1.82) is 0 Å². The average molecular weight is 233 g/mol. The molecule has 0 aromatic carbocycles. The zero-order valence-corrected chi connectivity index (χ0v) is 9.73. The monoisotopic (exact) mass is 233 g/mol. The van der Waals surface area contributed by atoms with Gasteiger partial charge in [0.2, 0.25) is 0 Å². The normalized spacial score (nSPS) is 20.9. The molecule has 0 radical (unpaired) electrons. The lowest BCUT2D eigenvalue weighted by Crippen LogP contribution is -2.27. The van der Waals surface area contributed by atoms with E-state index in [9.17, 15) is 4.79 Å². The first-order valence-electron chi connectivity index (χ1n) is 5.94. The summed E-state index contributed by atoms with van der Waals surface area (Å²) in [7, 11) is 0. The Morgan fingerprint density at radius 3 is 3.06 bits per heavy atom. The van der Waals surface area contributed by atoms with Crippen LogP contribution in [0.25, 0.3) is 5.78 Å². The molecule has 2 aromatic rings. The minimum absolute atomic E-state index is 0.109. The molecular formula is C11H15N5O. The summed E-state index contributed by atoms with van der Waals surface area (Å²) >= 11 is 0. The summed E-state index contributed by atoms with van der Waals surface area (Å²) in [4.78, 5) is 20.4. The summed E-state index contributed by atoms with van der Waals surface area (Å²) in [5, 5.41) is 6.42. The van der Waals surface area contributed by atoms with Gasteiger partial charge in [0.15, 0.2) is 0 Å². The van der Waals surface area contributed by atoms with Crippen molar-refractivity contribution in [3.05, 3.63) is 27.9 Å². The second kappa shape index (κ2) is 3.96. The van der Waals surface area contributed by atoms with Gasteiger partial charge in [-0.15, -0.1) is 0 Å². The molecule has 90 valence electrons. The fourth-order valence-electron chi connectivity index (χ4n) is 2.25. The van der Waals surface area contributed by atoms with E-state index in [1.807, 2.05) is 0 Å². The molecule has 3 rings (SSSR count). The molecule has 1 aliphatic rings. The summed E-state index contributed by atoms with van der Waals surface area (Å²) in [6, 6.07) is 1.72. The number of aryl methyl sites for hydroxylation is 1. The zero-order valence-electron chi connectivity index (χ0n) is 9.73. The standard InChI is InChI=1S/C11H15N5O/c1-7-6-9(17)16-11(13-7)14-10(15-16)8-4-2-3-5-12-8/h6,8,12H,2-5H2,1H3,(H,13,14,15). The first-order chi connectivity index (χ1) is 8.24. The van der Waals surface area contributed by atoms with Crippen LogP contribution < -0.4 is 10.9 Å². The Hall–Kier alpha value is -1.69. The van der Waals surface area contributed by atoms with Crippen molar-refractivity contribution in [2.45, 2.75) is 32.2 Å². The van der Waals surface area contributed by atoms with Crippen molar-refractivity contribution in [1.82, 2.24) is 24.9 Å². The first kappa shape index (κ1) is 10.5. The van der Waals surface area contributed by atoms with Crippen LogP contribution in [0.5, 0.6) is 0 Å². The van der Waals surface area contributed by atoms with E-state index >= 15 is 0 Å². The Morgan fingerprint density at radius 2 is 2.29 bits per heavy atom. The van der Waals surface area contributed by atoms with Gasteiger partial charge in [-0.05, 0) is 26.3 Å². The highest BCUT2D eigenvalue weighted by molar-refractivity contribution is 5.28. The minimum Gasteiger partial charge on any atom is -0.307 e. The van der Waals surface area contributed by atoms with Crippen molar-refractivity contribution >= 4 is 5.78 Å². The molecule has 17 heavy (non-hydrogen) atoms. The van der Waals surface area contributed by atoms with Gasteiger partial charge in [-0.25, -0.2) is 4.98 Å². The van der Waals surface area contributed by atoms with E-state index < -0.39 is 0 Å². The second-order valence-electron chi connectivity index (χ2n) is 4.48. The molecule has 6 nitrogen and oxygen atoms in total. The van der Waals surface area contributed by atoms with Gasteiger partial charge in [0.1, 0.15) is 5.82 Å². The topological polar surface area (TPSA) is 75.1 Å². The van der Waals surface area contributed by atoms with Gasteiger partial charge in [0.05, 0.1) is 6.04 Å². The summed E-state index contributed by atoms with van der Waals surface area (Å²) in [6.07, 6.45) is 3.44. The lowest BCUT2D eigenvalue weighted by Gasteiger charge is -2.20. The van der Waals surface area contributed by atoms with E-state index in [0.29, 0.717) is 11.5 Å². The SMILES string of the molecule is Cc1cc(=O)n2[nH]c(C3CCCCN3)nc2n1. The minimum atomic E-state index is -0.109. The zero-order chi connectivity index (χ0) is 11.8. The Labute approximate surface area is 98.1 Å². The predicted molar refractivity (Wildman–Crippen MR) is 62.9 cm³/mol. The molecule has 1 atom stereocenters. The molecular weight excluding hydrogens is 218 g/mol. The molecule has 0 bridgehead atoms. The van der Waals surface area contributed by atoms with Crippen LogP contribution in [-0.4, -0.2) is 26.1 Å². The molecule has 2 N–H and O–H groups in total. The second-order valence-corrected chi connectivity index (χ2v) is 4.48. The molecule has 0 saturated carbocycles. The molecule has 0 spiro atoms. The van der Waals surface area contributed by atoms with Crippen molar-refractivity contribution in [3.8, 4) is 0 Å². The number of aromatic nitrogens is 4. The highest BCUT2D eigenvalue weighted by atomic mass is 16.1. The quantitative estimate of drug-likeness (QED) is 0.754. The Morgan fingerprint density at radius 1 is 1.41 bits per heavy atom. The van der Waals surface area contributed by atoms with Crippen LogP contribution in [0.4, 0.5) is 0 Å². The number of hydrogen-bond donors (Lipinski definition) is 2. The van der Waals surface area contributed by atoms with E-state index in [4.69, 9.17) is 0 Å². The van der Waals surface area contributed by atoms with Crippen molar-refractivity contribution in [3.63, 3.8) is 0 Å². The maximum absolute atomic E-state index is 11.7. The van der Waals surface area contributed by atoms with Crippen LogP contribution in [0.1, 0.15) is 36.8 Å². The Balaban J connectivity index is 2.06. The van der Waals surface area contributed by atoms with Gasteiger partial charge in [-0.2, -0.15) is 9.50 Å². The van der Waals surface area contributed by atoms with Crippen LogP contribution in [0.3, 0.4) is 0 Å². The van der Waals surface area contributed by atoms with Gasteiger partial charge >= 0.3 is 0 Å². The molecule has 1 aliphatic heterocycles. The third-order valence-corrected chi connectivity index (χ3v) is 3.12. The lowest BCUT2D eigenvalue weighted by molar-refractivity contribution is 0.397. The molecule has 2 aromatic heterocycles. The molecule has 3 heterocycles. The Bertz CT molecular complexity index is 593. The van der Waals surface area contributed by atoms with E-state index in [1.54, 1.807) is 6.92 Å². The number of rotatable bonds is 1. The van der Waals surface area contributed by atoms with Crippen molar-refractivity contribution < 1.29 is 0 Å². The van der Waals surface area contributed by atoms with E-state index in [-0.39, 0.29) is 11.6 Å². The van der Waals surface area contributed by atoms with Crippen LogP contribution in [0.2, 0.25) is 0 Å². The van der Waals surface area contributed by atoms with E-state index in [0.717, 1.165) is 18.8 Å². The molecule has 0 aliphatic carbocycles. The summed E-state index contributed by atoms with van der Waals surface area (Å²) in [5.41, 5.74) is 0.590. The van der Waals surface area contributed by atoms with Crippen LogP contribution in [0.15, 0.2) is 10.9 Å². The summed E-state index contributed by atoms with van der Waals surface area (Å²) in [5.74, 6) is 1.26. The molecule has 6 heteroatoms. The number of fused-ring (bicyclic) bond motifs is 1. The number of piperidine rings is 1. The average Bonchev–Trinajstić information content (AvgIpc) is 2.74. The van der Waals surface area contributed by atoms with Gasteiger partial charge in [-0.1, -0.05) is 6.42 Å². The van der Waals surface area contributed by atoms with Gasteiger partial charge < -0.3 is 5.32 Å². The van der Waals surface area contributed by atoms with Gasteiger partial charge in [-0.3, -0.25) is 9.89 Å². The van der Waals surface area contributed by atoms with Crippen LogP contribution in [-0.2, 0) is 0 Å². The third kappa shape index (κ3) is 1.84. The lowest BCUT2D eigenvalue weighted by atomic mass is 10.0.